The predicted octanol–water partition coefficient (Wildman–Crippen LogP) is 6.21. The van der Waals surface area contributed by atoms with Crippen LogP contribution in [0.4, 0.5) is 0 Å². The van der Waals surface area contributed by atoms with Crippen LogP contribution in [0.2, 0.25) is 0 Å². The van der Waals surface area contributed by atoms with Crippen LogP contribution in [0, 0.1) is 6.92 Å². The molecule has 6 rings (SSSR count). The molecule has 1 aliphatic heterocycles. The summed E-state index contributed by atoms with van der Waals surface area (Å²) in [6.07, 6.45) is 6.02. The highest BCUT2D eigenvalue weighted by molar-refractivity contribution is 9.10. The Labute approximate surface area is 227 Å². The van der Waals surface area contributed by atoms with Gasteiger partial charge in [-0.25, -0.2) is 4.99 Å². The monoisotopic (exact) mass is 565 g/mol. The Balaban J connectivity index is 1.60. The van der Waals surface area contributed by atoms with Crippen molar-refractivity contribution < 1.29 is 0 Å². The van der Waals surface area contributed by atoms with E-state index >= 15 is 0 Å². The second-order valence-corrected chi connectivity index (χ2v) is 10.9. The normalized spacial score (nSPS) is 15.4. The highest BCUT2D eigenvalue weighted by atomic mass is 79.9. The van der Waals surface area contributed by atoms with Crippen LogP contribution in [0.15, 0.2) is 112 Å². The summed E-state index contributed by atoms with van der Waals surface area (Å²) in [5.74, 6) is 0. The van der Waals surface area contributed by atoms with Crippen LogP contribution in [0.25, 0.3) is 22.7 Å². The molecule has 0 spiro atoms. The van der Waals surface area contributed by atoms with Crippen molar-refractivity contribution in [2.24, 2.45) is 4.99 Å². The van der Waals surface area contributed by atoms with E-state index in [-0.39, 0.29) is 11.6 Å². The summed E-state index contributed by atoms with van der Waals surface area (Å²) in [7, 11) is 0. The largest absolute Gasteiger partial charge is 0.340 e. The first-order valence-electron chi connectivity index (χ1n) is 12.1. The van der Waals surface area contributed by atoms with Crippen molar-refractivity contribution in [2.75, 3.05) is 0 Å². The number of allylic oxidation sites excluding steroid dienone is 2. The Morgan fingerprint density at radius 1 is 1.03 bits per heavy atom. The molecule has 1 atom stereocenters. The number of halogens is 1. The van der Waals surface area contributed by atoms with Gasteiger partial charge in [-0.15, -0.1) is 6.58 Å². The van der Waals surface area contributed by atoms with Crippen LogP contribution in [0.3, 0.4) is 0 Å². The molecule has 6 heteroatoms. The third kappa shape index (κ3) is 4.16. The summed E-state index contributed by atoms with van der Waals surface area (Å²) in [5.41, 5.74) is 6.23. The second kappa shape index (κ2) is 9.61. The van der Waals surface area contributed by atoms with Crippen LogP contribution >= 0.6 is 27.3 Å². The molecule has 2 aromatic heterocycles. The van der Waals surface area contributed by atoms with Crippen LogP contribution in [0.1, 0.15) is 28.4 Å². The van der Waals surface area contributed by atoms with E-state index < -0.39 is 0 Å². The van der Waals surface area contributed by atoms with E-state index in [0.29, 0.717) is 15.9 Å². The number of thiazole rings is 1. The molecule has 3 heterocycles. The fraction of sp³-hybridized carbons (Fsp3) is 0.0968. The van der Waals surface area contributed by atoms with Crippen molar-refractivity contribution >= 4 is 49.9 Å². The second-order valence-electron chi connectivity index (χ2n) is 9.01. The molecule has 182 valence electrons. The fourth-order valence-corrected chi connectivity index (χ4v) is 6.25. The number of aromatic nitrogens is 2. The molecule has 0 bridgehead atoms. The SMILES string of the molecule is C=CCn1c(C)c(C=c2sc3n(c2=O)C(c2ccc(Br)cc2)C=C(c2ccccc2)N=3)c2ccccc21. The van der Waals surface area contributed by atoms with E-state index in [2.05, 4.69) is 76.5 Å². The highest BCUT2D eigenvalue weighted by Crippen LogP contribution is 2.29. The van der Waals surface area contributed by atoms with Gasteiger partial charge in [-0.05, 0) is 48.4 Å². The van der Waals surface area contributed by atoms with Gasteiger partial charge in [0, 0.05) is 33.2 Å². The Hall–Kier alpha value is -3.74. The minimum Gasteiger partial charge on any atom is -0.340 e. The molecule has 4 nitrogen and oxygen atoms in total. The van der Waals surface area contributed by atoms with Crippen molar-refractivity contribution in [1.82, 2.24) is 9.13 Å². The summed E-state index contributed by atoms with van der Waals surface area (Å²) in [6, 6.07) is 26.3. The maximum Gasteiger partial charge on any atom is 0.271 e. The Kier molecular flexibility index (Phi) is 6.14. The van der Waals surface area contributed by atoms with Gasteiger partial charge in [0.05, 0.1) is 16.3 Å². The molecule has 5 aromatic rings. The first-order valence-corrected chi connectivity index (χ1v) is 13.7. The highest BCUT2D eigenvalue weighted by Gasteiger charge is 2.23. The molecular weight excluding hydrogens is 542 g/mol. The maximum atomic E-state index is 13.9. The summed E-state index contributed by atoms with van der Waals surface area (Å²) >= 11 is 4.98. The number of fused-ring (bicyclic) bond motifs is 2. The molecule has 0 saturated heterocycles. The minimum atomic E-state index is -0.245. The van der Waals surface area contributed by atoms with Gasteiger partial charge >= 0.3 is 0 Å². The molecule has 3 aromatic carbocycles. The van der Waals surface area contributed by atoms with E-state index in [1.54, 1.807) is 0 Å². The molecule has 0 saturated carbocycles. The topological polar surface area (TPSA) is 39.3 Å². The predicted molar refractivity (Wildman–Crippen MR) is 156 cm³/mol. The molecular formula is C31H24BrN3OS. The van der Waals surface area contributed by atoms with Crippen LogP contribution in [-0.2, 0) is 6.54 Å². The average Bonchev–Trinajstić information content (AvgIpc) is 3.38. The molecule has 1 aliphatic rings. The van der Waals surface area contributed by atoms with Gasteiger partial charge in [-0.1, -0.05) is 94.0 Å². The standard InChI is InChI=1S/C31H24BrN3OS/c1-3-17-34-20(2)25(24-11-7-8-12-27(24)34)18-29-30(36)35-28(22-13-15-23(32)16-14-22)19-26(33-31(35)37-29)21-9-5-4-6-10-21/h3-16,18-19,28H,1,17H2,2H3. The third-order valence-electron chi connectivity index (χ3n) is 6.79. The van der Waals surface area contributed by atoms with E-state index in [1.165, 1.54) is 11.3 Å². The Bertz CT molecular complexity index is 1860. The van der Waals surface area contributed by atoms with Crippen LogP contribution < -0.4 is 14.9 Å². The molecule has 0 aliphatic carbocycles. The number of para-hydroxylation sites is 1. The van der Waals surface area contributed by atoms with Gasteiger partial charge in [0.1, 0.15) is 0 Å². The van der Waals surface area contributed by atoms with Crippen molar-refractivity contribution in [3.63, 3.8) is 0 Å². The van der Waals surface area contributed by atoms with Crippen molar-refractivity contribution in [3.05, 3.63) is 144 Å². The van der Waals surface area contributed by atoms with Crippen LogP contribution in [-0.4, -0.2) is 9.13 Å². The lowest BCUT2D eigenvalue weighted by atomic mass is 10.0. The average molecular weight is 567 g/mol. The van der Waals surface area contributed by atoms with Crippen molar-refractivity contribution in [3.8, 4) is 0 Å². The van der Waals surface area contributed by atoms with Crippen molar-refractivity contribution in [1.29, 1.82) is 0 Å². The summed E-state index contributed by atoms with van der Waals surface area (Å²) in [5, 5.41) is 1.13. The van der Waals surface area contributed by atoms with Crippen molar-refractivity contribution in [2.45, 2.75) is 19.5 Å². The van der Waals surface area contributed by atoms with E-state index in [9.17, 15) is 4.79 Å². The lowest BCUT2D eigenvalue weighted by Gasteiger charge is -2.19. The van der Waals surface area contributed by atoms with Gasteiger partial charge in [0.15, 0.2) is 4.80 Å². The minimum absolute atomic E-state index is 0.0278. The molecule has 0 N–H and O–H groups in total. The third-order valence-corrected chi connectivity index (χ3v) is 8.31. The molecule has 0 fully saturated rings. The van der Waals surface area contributed by atoms with E-state index in [1.807, 2.05) is 59.2 Å². The van der Waals surface area contributed by atoms with Gasteiger partial charge in [-0.3, -0.25) is 9.36 Å². The number of hydrogen-bond acceptors (Lipinski definition) is 3. The Morgan fingerprint density at radius 2 is 1.76 bits per heavy atom. The smallest absolute Gasteiger partial charge is 0.271 e. The lowest BCUT2D eigenvalue weighted by molar-refractivity contribution is 0.644. The first kappa shape index (κ1) is 23.6. The quantitative estimate of drug-likeness (QED) is 0.233. The number of rotatable bonds is 5. The summed E-state index contributed by atoms with van der Waals surface area (Å²) in [6.45, 7) is 6.74. The zero-order valence-corrected chi connectivity index (χ0v) is 22.7. The number of nitrogens with zero attached hydrogens (tertiary/aromatic N) is 3. The zero-order valence-electron chi connectivity index (χ0n) is 20.3. The lowest BCUT2D eigenvalue weighted by Crippen LogP contribution is -2.36. The summed E-state index contributed by atoms with van der Waals surface area (Å²) in [4.78, 5) is 19.6. The first-order chi connectivity index (χ1) is 18.0. The van der Waals surface area contributed by atoms with Gasteiger partial charge < -0.3 is 4.57 Å². The molecule has 0 amide bonds. The van der Waals surface area contributed by atoms with E-state index in [0.717, 1.165) is 43.5 Å². The molecule has 37 heavy (non-hydrogen) atoms. The fourth-order valence-electron chi connectivity index (χ4n) is 4.98. The maximum absolute atomic E-state index is 13.9. The summed E-state index contributed by atoms with van der Waals surface area (Å²) < 4.78 is 5.74. The zero-order chi connectivity index (χ0) is 25.5. The van der Waals surface area contributed by atoms with Gasteiger partial charge in [0.25, 0.3) is 5.56 Å². The van der Waals surface area contributed by atoms with Crippen LogP contribution in [0.5, 0.6) is 0 Å². The molecule has 1 unspecified atom stereocenters. The number of hydrogen-bond donors (Lipinski definition) is 0. The van der Waals surface area contributed by atoms with Gasteiger partial charge in [-0.2, -0.15) is 0 Å². The number of benzene rings is 3. The molecule has 0 radical (unpaired) electrons. The van der Waals surface area contributed by atoms with Gasteiger partial charge in [0.2, 0.25) is 0 Å². The Morgan fingerprint density at radius 3 is 2.51 bits per heavy atom. The van der Waals surface area contributed by atoms with E-state index in [4.69, 9.17) is 4.99 Å².